The van der Waals surface area contributed by atoms with Crippen molar-refractivity contribution in [2.45, 2.75) is 43.7 Å². The first kappa shape index (κ1) is 13.9. The van der Waals surface area contributed by atoms with Crippen LogP contribution in [0.1, 0.15) is 43.7 Å². The summed E-state index contributed by atoms with van der Waals surface area (Å²) in [7, 11) is 0. The molecular formula is C15H19BrClNO. The van der Waals surface area contributed by atoms with Crippen molar-refractivity contribution < 1.29 is 4.74 Å². The van der Waals surface area contributed by atoms with Gasteiger partial charge in [-0.2, -0.15) is 0 Å². The lowest BCUT2D eigenvalue weighted by Gasteiger charge is -2.48. The van der Waals surface area contributed by atoms with Gasteiger partial charge in [0.05, 0.1) is 10.6 Å². The second-order valence-electron chi connectivity index (χ2n) is 5.84. The molecule has 1 saturated carbocycles. The predicted molar refractivity (Wildman–Crippen MR) is 81.3 cm³/mol. The Balaban J connectivity index is 1.75. The van der Waals surface area contributed by atoms with Gasteiger partial charge in [0.1, 0.15) is 0 Å². The topological polar surface area (TPSA) is 35.2 Å². The molecule has 2 N–H and O–H groups in total. The molecule has 2 fully saturated rings. The Hall–Kier alpha value is -0.0900. The van der Waals surface area contributed by atoms with E-state index in [0.717, 1.165) is 34.5 Å². The number of hydrogen-bond donors (Lipinski definition) is 1. The van der Waals surface area contributed by atoms with Crippen LogP contribution in [0.5, 0.6) is 0 Å². The SMILES string of the molecule is NC(c1ccc(Cl)c(Br)c1)C1CCOC2(CCC2)C1. The van der Waals surface area contributed by atoms with Gasteiger partial charge in [0.2, 0.25) is 0 Å². The standard InChI is InChI=1S/C15H19BrClNO/c16-12-8-10(2-3-13(12)17)14(18)11-4-7-19-15(9-11)5-1-6-15/h2-3,8,11,14H,1,4-7,9,18H2. The van der Waals surface area contributed by atoms with Crippen LogP contribution in [0.4, 0.5) is 0 Å². The summed E-state index contributed by atoms with van der Waals surface area (Å²) < 4.78 is 6.90. The fourth-order valence-corrected chi connectivity index (χ4v) is 3.80. The van der Waals surface area contributed by atoms with E-state index >= 15 is 0 Å². The van der Waals surface area contributed by atoms with Crippen molar-refractivity contribution in [3.8, 4) is 0 Å². The number of halogens is 2. The van der Waals surface area contributed by atoms with Gasteiger partial charge in [-0.15, -0.1) is 0 Å². The molecule has 4 heteroatoms. The smallest absolute Gasteiger partial charge is 0.0686 e. The summed E-state index contributed by atoms with van der Waals surface area (Å²) in [6.07, 6.45) is 5.88. The maximum absolute atomic E-state index is 6.47. The van der Waals surface area contributed by atoms with Crippen LogP contribution >= 0.6 is 27.5 Å². The fraction of sp³-hybridized carbons (Fsp3) is 0.600. The molecule has 0 bridgehead atoms. The van der Waals surface area contributed by atoms with E-state index in [2.05, 4.69) is 22.0 Å². The molecule has 2 aliphatic rings. The van der Waals surface area contributed by atoms with Crippen molar-refractivity contribution in [1.29, 1.82) is 0 Å². The average Bonchev–Trinajstić information content (AvgIpc) is 2.39. The van der Waals surface area contributed by atoms with Gasteiger partial charge < -0.3 is 10.5 Å². The highest BCUT2D eigenvalue weighted by Gasteiger charge is 2.43. The van der Waals surface area contributed by atoms with E-state index in [1.54, 1.807) is 0 Å². The lowest BCUT2D eigenvalue weighted by molar-refractivity contribution is -0.146. The molecule has 1 saturated heterocycles. The van der Waals surface area contributed by atoms with Gasteiger partial charge in [-0.3, -0.25) is 0 Å². The summed E-state index contributed by atoms with van der Waals surface area (Å²) in [5.74, 6) is 0.516. The zero-order valence-corrected chi connectivity index (χ0v) is 13.2. The molecule has 2 unspecified atom stereocenters. The Morgan fingerprint density at radius 1 is 1.42 bits per heavy atom. The van der Waals surface area contributed by atoms with Crippen LogP contribution in [0.15, 0.2) is 22.7 Å². The highest BCUT2D eigenvalue weighted by molar-refractivity contribution is 9.10. The van der Waals surface area contributed by atoms with E-state index < -0.39 is 0 Å². The first-order valence-electron chi connectivity index (χ1n) is 6.94. The summed E-state index contributed by atoms with van der Waals surface area (Å²) in [5, 5.41) is 0.735. The number of ether oxygens (including phenoxy) is 1. The van der Waals surface area contributed by atoms with Gasteiger partial charge in [0, 0.05) is 17.1 Å². The minimum atomic E-state index is 0.0786. The third kappa shape index (κ3) is 2.71. The fourth-order valence-electron chi connectivity index (χ4n) is 3.28. The lowest BCUT2D eigenvalue weighted by atomic mass is 9.70. The number of hydrogen-bond acceptors (Lipinski definition) is 2. The molecule has 1 aliphatic heterocycles. The molecule has 0 radical (unpaired) electrons. The summed E-state index contributed by atoms with van der Waals surface area (Å²) in [6, 6.07) is 6.09. The van der Waals surface area contributed by atoms with Gasteiger partial charge in [-0.05, 0) is 71.6 Å². The molecule has 1 spiro atoms. The van der Waals surface area contributed by atoms with Crippen molar-refractivity contribution >= 4 is 27.5 Å². The van der Waals surface area contributed by atoms with Gasteiger partial charge in [0.25, 0.3) is 0 Å². The molecule has 104 valence electrons. The maximum Gasteiger partial charge on any atom is 0.0686 e. The van der Waals surface area contributed by atoms with Crippen LogP contribution in [0.25, 0.3) is 0 Å². The molecule has 1 heterocycles. The maximum atomic E-state index is 6.47. The molecule has 0 aromatic heterocycles. The Bertz CT molecular complexity index is 475. The molecule has 19 heavy (non-hydrogen) atoms. The van der Waals surface area contributed by atoms with Crippen molar-refractivity contribution in [2.75, 3.05) is 6.61 Å². The molecule has 3 rings (SSSR count). The predicted octanol–water partition coefficient (Wildman–Crippen LogP) is 4.45. The van der Waals surface area contributed by atoms with E-state index in [0.29, 0.717) is 5.92 Å². The summed E-state index contributed by atoms with van der Waals surface area (Å²) in [4.78, 5) is 0. The van der Waals surface area contributed by atoms with E-state index in [9.17, 15) is 0 Å². The van der Waals surface area contributed by atoms with Crippen molar-refractivity contribution in [1.82, 2.24) is 0 Å². The van der Waals surface area contributed by atoms with Crippen LogP contribution in [0, 0.1) is 5.92 Å². The van der Waals surface area contributed by atoms with Crippen molar-refractivity contribution in [3.63, 3.8) is 0 Å². The van der Waals surface area contributed by atoms with Crippen LogP contribution < -0.4 is 5.73 Å². The molecule has 1 aromatic rings. The zero-order valence-electron chi connectivity index (χ0n) is 10.9. The molecule has 1 aliphatic carbocycles. The molecule has 2 nitrogen and oxygen atoms in total. The highest BCUT2D eigenvalue weighted by Crippen LogP contribution is 2.46. The Morgan fingerprint density at radius 3 is 2.84 bits per heavy atom. The average molecular weight is 345 g/mol. The highest BCUT2D eigenvalue weighted by atomic mass is 79.9. The van der Waals surface area contributed by atoms with E-state index in [1.807, 2.05) is 12.1 Å². The van der Waals surface area contributed by atoms with Crippen molar-refractivity contribution in [3.05, 3.63) is 33.3 Å². The first-order valence-corrected chi connectivity index (χ1v) is 8.11. The third-order valence-electron chi connectivity index (χ3n) is 4.63. The lowest BCUT2D eigenvalue weighted by Crippen LogP contribution is -2.47. The zero-order chi connectivity index (χ0) is 13.5. The Morgan fingerprint density at radius 2 is 2.21 bits per heavy atom. The molecular weight excluding hydrogens is 326 g/mol. The minimum absolute atomic E-state index is 0.0786. The van der Waals surface area contributed by atoms with Crippen LogP contribution in [-0.2, 0) is 4.74 Å². The quantitative estimate of drug-likeness (QED) is 0.860. The van der Waals surface area contributed by atoms with Crippen LogP contribution in [0.2, 0.25) is 5.02 Å². The number of benzene rings is 1. The summed E-state index contributed by atoms with van der Waals surface area (Å²) in [6.45, 7) is 0.854. The van der Waals surface area contributed by atoms with E-state index in [-0.39, 0.29) is 11.6 Å². The third-order valence-corrected chi connectivity index (χ3v) is 5.85. The van der Waals surface area contributed by atoms with Gasteiger partial charge >= 0.3 is 0 Å². The monoisotopic (exact) mass is 343 g/mol. The van der Waals surface area contributed by atoms with E-state index in [1.165, 1.54) is 19.3 Å². The minimum Gasteiger partial charge on any atom is -0.375 e. The first-order chi connectivity index (χ1) is 9.10. The van der Waals surface area contributed by atoms with E-state index in [4.69, 9.17) is 22.1 Å². The van der Waals surface area contributed by atoms with Gasteiger partial charge in [-0.1, -0.05) is 17.7 Å². The normalized spacial score (nSPS) is 27.0. The second kappa shape index (κ2) is 5.36. The van der Waals surface area contributed by atoms with Crippen molar-refractivity contribution in [2.24, 2.45) is 11.7 Å². The van der Waals surface area contributed by atoms with Crippen LogP contribution in [-0.4, -0.2) is 12.2 Å². The molecule has 2 atom stereocenters. The number of rotatable bonds is 2. The van der Waals surface area contributed by atoms with Gasteiger partial charge in [-0.25, -0.2) is 0 Å². The largest absolute Gasteiger partial charge is 0.375 e. The Labute approximate surface area is 127 Å². The number of nitrogens with two attached hydrogens (primary N) is 1. The van der Waals surface area contributed by atoms with Crippen LogP contribution in [0.3, 0.4) is 0 Å². The summed E-state index contributed by atoms with van der Waals surface area (Å²) in [5.41, 5.74) is 7.79. The second-order valence-corrected chi connectivity index (χ2v) is 7.10. The van der Waals surface area contributed by atoms with Gasteiger partial charge in [0.15, 0.2) is 0 Å². The molecule has 1 aromatic carbocycles. The Kier molecular flexibility index (Phi) is 3.91. The molecule has 0 amide bonds. The summed E-state index contributed by atoms with van der Waals surface area (Å²) >= 11 is 9.51.